The van der Waals surface area contributed by atoms with Crippen LogP contribution in [0, 0.1) is 5.82 Å². The summed E-state index contributed by atoms with van der Waals surface area (Å²) in [7, 11) is -4.52. The van der Waals surface area contributed by atoms with Crippen molar-refractivity contribution in [3.63, 3.8) is 0 Å². The Balaban J connectivity index is 2.09. The summed E-state index contributed by atoms with van der Waals surface area (Å²) in [5.41, 5.74) is -0.996. The van der Waals surface area contributed by atoms with E-state index in [1.54, 1.807) is 13.0 Å². The Labute approximate surface area is 236 Å². The number of halogens is 4. The zero-order valence-electron chi connectivity index (χ0n) is 22.6. The molecule has 0 saturated carbocycles. The van der Waals surface area contributed by atoms with Crippen LogP contribution in [0.15, 0.2) is 83.8 Å². The van der Waals surface area contributed by atoms with Gasteiger partial charge in [-0.3, -0.25) is 13.9 Å². The fourth-order valence-corrected chi connectivity index (χ4v) is 5.58. The van der Waals surface area contributed by atoms with Crippen molar-refractivity contribution in [3.05, 3.63) is 95.8 Å². The Hall–Kier alpha value is -3.93. The molecule has 12 heteroatoms. The van der Waals surface area contributed by atoms with Gasteiger partial charge >= 0.3 is 6.18 Å². The minimum absolute atomic E-state index is 0.164. The molecule has 1 atom stereocenters. The number of nitrogens with zero attached hydrogens (tertiary/aromatic N) is 2. The van der Waals surface area contributed by atoms with Gasteiger partial charge in [-0.2, -0.15) is 13.2 Å². The van der Waals surface area contributed by atoms with Crippen LogP contribution in [0.4, 0.5) is 23.2 Å². The van der Waals surface area contributed by atoms with Gasteiger partial charge in [0.05, 0.1) is 16.1 Å². The largest absolute Gasteiger partial charge is 0.416 e. The zero-order chi connectivity index (χ0) is 30.2. The molecular weight excluding hydrogens is 562 g/mol. The molecule has 7 nitrogen and oxygen atoms in total. The van der Waals surface area contributed by atoms with E-state index in [1.807, 2.05) is 6.92 Å². The van der Waals surface area contributed by atoms with Gasteiger partial charge in [-0.25, -0.2) is 12.8 Å². The highest BCUT2D eigenvalue weighted by molar-refractivity contribution is 7.92. The Morgan fingerprint density at radius 3 is 2.17 bits per heavy atom. The molecule has 41 heavy (non-hydrogen) atoms. The van der Waals surface area contributed by atoms with Crippen LogP contribution in [0.1, 0.15) is 37.8 Å². The molecule has 0 aliphatic heterocycles. The van der Waals surface area contributed by atoms with Crippen LogP contribution in [0.5, 0.6) is 0 Å². The number of hydrogen-bond donors (Lipinski definition) is 1. The molecule has 220 valence electrons. The second-order valence-electron chi connectivity index (χ2n) is 9.24. The third kappa shape index (κ3) is 8.06. The van der Waals surface area contributed by atoms with Gasteiger partial charge in [0.2, 0.25) is 11.8 Å². The highest BCUT2D eigenvalue weighted by atomic mass is 32.2. The minimum Gasteiger partial charge on any atom is -0.354 e. The van der Waals surface area contributed by atoms with E-state index in [0.717, 1.165) is 12.1 Å². The number of nitrogens with one attached hydrogen (secondary N) is 1. The first kappa shape index (κ1) is 31.6. The number of alkyl halides is 3. The van der Waals surface area contributed by atoms with Crippen molar-refractivity contribution in [2.24, 2.45) is 0 Å². The van der Waals surface area contributed by atoms with Gasteiger partial charge < -0.3 is 10.2 Å². The van der Waals surface area contributed by atoms with Crippen LogP contribution < -0.4 is 9.62 Å². The van der Waals surface area contributed by atoms with Crippen LogP contribution in [-0.4, -0.2) is 44.3 Å². The summed E-state index contributed by atoms with van der Waals surface area (Å²) in [5, 5.41) is 2.73. The zero-order valence-corrected chi connectivity index (χ0v) is 23.4. The molecule has 0 bridgehead atoms. The lowest BCUT2D eigenvalue weighted by molar-refractivity contribution is -0.140. The first-order valence-electron chi connectivity index (χ1n) is 12.9. The molecule has 0 radical (unpaired) electrons. The third-order valence-corrected chi connectivity index (χ3v) is 8.06. The number of anilines is 1. The Morgan fingerprint density at radius 1 is 0.927 bits per heavy atom. The third-order valence-electron chi connectivity index (χ3n) is 6.27. The summed E-state index contributed by atoms with van der Waals surface area (Å²) in [5.74, 6) is -1.81. The van der Waals surface area contributed by atoms with Crippen LogP contribution in [0.2, 0.25) is 0 Å². The molecule has 1 unspecified atom stereocenters. The van der Waals surface area contributed by atoms with Crippen LogP contribution in [0.25, 0.3) is 0 Å². The molecule has 0 saturated heterocycles. The topological polar surface area (TPSA) is 86.8 Å². The van der Waals surface area contributed by atoms with E-state index in [0.29, 0.717) is 28.9 Å². The van der Waals surface area contributed by atoms with Crippen LogP contribution in [-0.2, 0) is 32.3 Å². The van der Waals surface area contributed by atoms with E-state index < -0.39 is 52.0 Å². The van der Waals surface area contributed by atoms with Crippen LogP contribution in [0.3, 0.4) is 0 Å². The normalized spacial score (nSPS) is 12.4. The van der Waals surface area contributed by atoms with Crippen molar-refractivity contribution in [2.45, 2.75) is 50.3 Å². The molecule has 1 N–H and O–H groups in total. The van der Waals surface area contributed by atoms with E-state index in [9.17, 15) is 35.6 Å². The lowest BCUT2D eigenvalue weighted by Crippen LogP contribution is -2.52. The maximum atomic E-state index is 13.9. The number of amides is 2. The highest BCUT2D eigenvalue weighted by Gasteiger charge is 2.35. The lowest BCUT2D eigenvalue weighted by atomic mass is 10.1. The van der Waals surface area contributed by atoms with Crippen LogP contribution >= 0.6 is 0 Å². The van der Waals surface area contributed by atoms with Crippen molar-refractivity contribution < 1.29 is 35.6 Å². The van der Waals surface area contributed by atoms with E-state index in [4.69, 9.17) is 0 Å². The summed E-state index contributed by atoms with van der Waals surface area (Å²) in [6.45, 7) is 2.80. The molecular formula is C29H31F4N3O4S. The summed E-state index contributed by atoms with van der Waals surface area (Å²) < 4.78 is 82.2. The SMILES string of the molecule is CCCNC(=O)C(CC)N(Cc1ccc(F)cc1)C(=O)CN(c1cccc(C(F)(F)F)c1)S(=O)(=O)c1ccccc1. The Bertz CT molecular complexity index is 1430. The van der Waals surface area contributed by atoms with Gasteiger partial charge in [0.1, 0.15) is 18.4 Å². The number of carbonyl (C=O) groups excluding carboxylic acids is 2. The van der Waals surface area contributed by atoms with E-state index >= 15 is 0 Å². The molecule has 3 aromatic rings. The maximum Gasteiger partial charge on any atom is 0.416 e. The first-order valence-corrected chi connectivity index (χ1v) is 14.4. The molecule has 0 spiro atoms. The molecule has 0 aliphatic rings. The number of benzene rings is 3. The van der Waals surface area contributed by atoms with Gasteiger partial charge in [0, 0.05) is 13.1 Å². The Kier molecular flexibility index (Phi) is 10.5. The quantitative estimate of drug-likeness (QED) is 0.286. The summed E-state index contributed by atoms with van der Waals surface area (Å²) >= 11 is 0. The Morgan fingerprint density at radius 2 is 1.59 bits per heavy atom. The summed E-state index contributed by atoms with van der Waals surface area (Å²) in [4.78, 5) is 27.8. The van der Waals surface area contributed by atoms with Gasteiger partial charge in [-0.15, -0.1) is 0 Å². The second-order valence-corrected chi connectivity index (χ2v) is 11.1. The molecule has 0 heterocycles. The smallest absolute Gasteiger partial charge is 0.354 e. The second kappa shape index (κ2) is 13.6. The summed E-state index contributed by atoms with van der Waals surface area (Å²) in [6.07, 6.45) is -3.97. The van der Waals surface area contributed by atoms with Gasteiger partial charge in [-0.1, -0.05) is 50.2 Å². The lowest BCUT2D eigenvalue weighted by Gasteiger charge is -2.33. The van der Waals surface area contributed by atoms with E-state index in [1.165, 1.54) is 59.5 Å². The number of hydrogen-bond acceptors (Lipinski definition) is 4. The molecule has 0 aromatic heterocycles. The highest BCUT2D eigenvalue weighted by Crippen LogP contribution is 2.33. The number of carbonyl (C=O) groups is 2. The maximum absolute atomic E-state index is 13.9. The van der Waals surface area contributed by atoms with Crippen molar-refractivity contribution in [1.82, 2.24) is 10.2 Å². The van der Waals surface area contributed by atoms with Crippen molar-refractivity contribution in [3.8, 4) is 0 Å². The van der Waals surface area contributed by atoms with Gasteiger partial charge in [0.25, 0.3) is 10.0 Å². The fraction of sp³-hybridized carbons (Fsp3) is 0.310. The fourth-order valence-electron chi connectivity index (χ4n) is 4.16. The molecule has 2 amide bonds. The predicted octanol–water partition coefficient (Wildman–Crippen LogP) is 5.37. The summed E-state index contributed by atoms with van der Waals surface area (Å²) in [6, 6.07) is 14.9. The minimum atomic E-state index is -4.76. The van der Waals surface area contributed by atoms with Crippen molar-refractivity contribution in [2.75, 3.05) is 17.4 Å². The number of sulfonamides is 1. The van der Waals surface area contributed by atoms with E-state index in [-0.39, 0.29) is 23.5 Å². The van der Waals surface area contributed by atoms with Crippen molar-refractivity contribution in [1.29, 1.82) is 0 Å². The molecule has 3 aromatic carbocycles. The van der Waals surface area contributed by atoms with Gasteiger partial charge in [-0.05, 0) is 60.9 Å². The molecule has 3 rings (SSSR count). The average Bonchev–Trinajstić information content (AvgIpc) is 2.95. The monoisotopic (exact) mass is 593 g/mol. The van der Waals surface area contributed by atoms with E-state index in [2.05, 4.69) is 5.32 Å². The standard InChI is InChI=1S/C29H31F4N3O4S/c1-3-17-34-28(38)26(4-2)35(19-21-13-15-23(30)16-14-21)27(37)20-36(41(39,40)25-11-6-5-7-12-25)24-10-8-9-22(18-24)29(31,32)33/h5-16,18,26H,3-4,17,19-20H2,1-2H3,(H,34,38). The van der Waals surface area contributed by atoms with Crippen molar-refractivity contribution >= 4 is 27.5 Å². The predicted molar refractivity (Wildman–Crippen MR) is 147 cm³/mol. The molecule has 0 aliphatic carbocycles. The number of rotatable bonds is 12. The van der Waals surface area contributed by atoms with Gasteiger partial charge in [0.15, 0.2) is 0 Å². The molecule has 0 fully saturated rings. The average molecular weight is 594 g/mol. The first-order chi connectivity index (χ1) is 19.4.